The van der Waals surface area contributed by atoms with Crippen molar-refractivity contribution in [2.45, 2.75) is 17.8 Å². The van der Waals surface area contributed by atoms with Crippen LogP contribution in [-0.2, 0) is 10.8 Å². The highest BCUT2D eigenvalue weighted by molar-refractivity contribution is 5.95. The van der Waals surface area contributed by atoms with Crippen molar-refractivity contribution in [3.63, 3.8) is 0 Å². The summed E-state index contributed by atoms with van der Waals surface area (Å²) in [5.74, 6) is 0.0111. The molecule has 0 fully saturated rings. The highest BCUT2D eigenvalue weighted by atomic mass is 16.3. The van der Waals surface area contributed by atoms with Crippen molar-refractivity contribution in [2.75, 3.05) is 9.80 Å². The fourth-order valence-electron chi connectivity index (χ4n) is 14.2. The summed E-state index contributed by atoms with van der Waals surface area (Å²) in [7, 11) is 0. The first-order valence-electron chi connectivity index (χ1n) is 28.8. The SMILES string of the molecule is CC12C=c3oc4ccccc4c3=CC1C1(c3ccc(N(c4ccc(-c5ccccc5)cc4)c4ccc(-c5ccccc5)cc4)cc3-c3cc(N(c4ccc(-c5ccccc5)cc4)c4ccc(-c5ccccc5)cc4)ccc31)c1ccccc12. The van der Waals surface area contributed by atoms with E-state index in [1.54, 1.807) is 0 Å². The molecule has 3 heteroatoms. The molecule has 1 heterocycles. The fourth-order valence-corrected chi connectivity index (χ4v) is 14.2. The van der Waals surface area contributed by atoms with Crippen LogP contribution in [0.3, 0.4) is 0 Å². The Bertz CT molecular complexity index is 4320. The van der Waals surface area contributed by atoms with Crippen LogP contribution in [0.1, 0.15) is 29.2 Å². The summed E-state index contributed by atoms with van der Waals surface area (Å²) in [6, 6.07) is 111. The Hall–Kier alpha value is -10.5. The molecule has 3 aliphatic carbocycles. The Balaban J connectivity index is 0.928. The van der Waals surface area contributed by atoms with E-state index in [1.807, 2.05) is 0 Å². The van der Waals surface area contributed by atoms with Crippen molar-refractivity contribution in [2.24, 2.45) is 5.92 Å². The molecule has 1 spiro atoms. The molecule has 0 aliphatic heterocycles. The van der Waals surface area contributed by atoms with Crippen LogP contribution < -0.4 is 20.4 Å². The van der Waals surface area contributed by atoms with Gasteiger partial charge in [-0.15, -0.1) is 0 Å². The molecule has 0 saturated heterocycles. The minimum Gasteiger partial charge on any atom is -0.456 e. The van der Waals surface area contributed by atoms with Crippen LogP contribution in [0.4, 0.5) is 34.1 Å². The van der Waals surface area contributed by atoms with Gasteiger partial charge in [-0.2, -0.15) is 0 Å². The quantitative estimate of drug-likeness (QED) is 0.136. The zero-order valence-corrected chi connectivity index (χ0v) is 45.9. The van der Waals surface area contributed by atoms with Crippen molar-refractivity contribution in [3.8, 4) is 55.6 Å². The van der Waals surface area contributed by atoms with Crippen LogP contribution >= 0.6 is 0 Å². The largest absolute Gasteiger partial charge is 0.456 e. The maximum Gasteiger partial charge on any atom is 0.135 e. The van der Waals surface area contributed by atoms with Crippen LogP contribution in [-0.4, -0.2) is 0 Å². The second-order valence-corrected chi connectivity index (χ2v) is 22.6. The summed E-state index contributed by atoms with van der Waals surface area (Å²) in [6.45, 7) is 2.44. The third kappa shape index (κ3) is 7.80. The average molecular weight is 1060 g/mol. The maximum absolute atomic E-state index is 6.75. The Morgan fingerprint density at radius 1 is 0.313 bits per heavy atom. The van der Waals surface area contributed by atoms with Crippen molar-refractivity contribution in [3.05, 3.63) is 336 Å². The molecule has 12 aromatic carbocycles. The first-order valence-corrected chi connectivity index (χ1v) is 28.8. The van der Waals surface area contributed by atoms with E-state index in [0.717, 1.165) is 50.5 Å². The van der Waals surface area contributed by atoms with Crippen molar-refractivity contribution >= 4 is 57.2 Å². The van der Waals surface area contributed by atoms with E-state index in [4.69, 9.17) is 4.42 Å². The third-order valence-electron chi connectivity index (χ3n) is 18.1. The van der Waals surface area contributed by atoms with Crippen LogP contribution in [0, 0.1) is 5.92 Å². The summed E-state index contributed by atoms with van der Waals surface area (Å²) in [5.41, 5.74) is 24.6. The van der Waals surface area contributed by atoms with E-state index in [9.17, 15) is 0 Å². The minimum absolute atomic E-state index is 0.0111. The molecule has 2 unspecified atom stereocenters. The van der Waals surface area contributed by atoms with Gasteiger partial charge in [-0.1, -0.05) is 237 Å². The Morgan fingerprint density at radius 2 is 0.651 bits per heavy atom. The monoisotopic (exact) mass is 1060 g/mol. The Morgan fingerprint density at radius 3 is 1.06 bits per heavy atom. The molecule has 3 nitrogen and oxygen atoms in total. The van der Waals surface area contributed by atoms with Gasteiger partial charge in [0.05, 0.1) is 5.41 Å². The van der Waals surface area contributed by atoms with Crippen molar-refractivity contribution < 1.29 is 4.42 Å². The number of fused-ring (bicyclic) bond motifs is 13. The lowest BCUT2D eigenvalue weighted by atomic mass is 9.61. The van der Waals surface area contributed by atoms with Gasteiger partial charge < -0.3 is 14.2 Å². The molecule has 83 heavy (non-hydrogen) atoms. The molecule has 0 saturated carbocycles. The predicted molar refractivity (Wildman–Crippen MR) is 345 cm³/mol. The van der Waals surface area contributed by atoms with Gasteiger partial charge in [-0.3, -0.25) is 0 Å². The molecule has 16 rings (SSSR count). The first-order chi connectivity index (χ1) is 41.0. The van der Waals surface area contributed by atoms with E-state index in [-0.39, 0.29) is 5.92 Å². The van der Waals surface area contributed by atoms with Crippen molar-refractivity contribution in [1.29, 1.82) is 0 Å². The number of benzene rings is 12. The molecule has 1 aromatic heterocycles. The number of hydrogen-bond acceptors (Lipinski definition) is 3. The standard InChI is InChI=1S/C80H56N2O/c1-79-53-77-71(68-26-14-17-29-76(68)83-77)52-78(79)80(75-28-16-15-27-74(75)79)72-48-46-66(81(62-38-30-58(31-39-62)54-18-6-2-7-19-54)63-40-32-59(33-41-63)55-20-8-3-9-21-55)50-69(72)70-51-67(47-49-73(70)80)82(64-42-34-60(35-43-64)56-22-10-4-11-23-56)65-44-36-61(37-45-65)57-24-12-5-13-25-57/h2-53,78H,1H3. The van der Waals surface area contributed by atoms with Gasteiger partial charge >= 0.3 is 0 Å². The zero-order valence-electron chi connectivity index (χ0n) is 45.9. The van der Waals surface area contributed by atoms with E-state index < -0.39 is 10.8 Å². The number of anilines is 6. The van der Waals surface area contributed by atoms with Crippen LogP contribution in [0.2, 0.25) is 0 Å². The predicted octanol–water partition coefficient (Wildman–Crippen LogP) is 19.5. The number of hydrogen-bond donors (Lipinski definition) is 0. The highest BCUT2D eigenvalue weighted by Crippen LogP contribution is 2.68. The molecular formula is C80H56N2O. The van der Waals surface area contributed by atoms with Crippen LogP contribution in [0.15, 0.2) is 308 Å². The molecular weight excluding hydrogens is 1000 g/mol. The second-order valence-electron chi connectivity index (χ2n) is 22.6. The molecule has 13 aromatic rings. The van der Waals surface area contributed by atoms with Gasteiger partial charge in [-0.05, 0) is 163 Å². The molecule has 0 bridgehead atoms. The molecule has 0 N–H and O–H groups in total. The summed E-state index contributed by atoms with van der Waals surface area (Å²) < 4.78 is 6.75. The van der Waals surface area contributed by atoms with Crippen molar-refractivity contribution in [1.82, 2.24) is 0 Å². The van der Waals surface area contributed by atoms with E-state index in [2.05, 4.69) is 332 Å². The Labute approximate surface area is 484 Å². The van der Waals surface area contributed by atoms with Gasteiger partial charge in [0.15, 0.2) is 0 Å². The van der Waals surface area contributed by atoms with Gasteiger partial charge in [0, 0.05) is 56.1 Å². The summed E-state index contributed by atoms with van der Waals surface area (Å²) in [5, 5.41) is 2.32. The third-order valence-corrected chi connectivity index (χ3v) is 18.1. The Kier molecular flexibility index (Phi) is 11.3. The topological polar surface area (TPSA) is 19.6 Å². The second kappa shape index (κ2) is 19.4. The lowest BCUT2D eigenvalue weighted by Crippen LogP contribution is -2.44. The van der Waals surface area contributed by atoms with E-state index >= 15 is 0 Å². The maximum atomic E-state index is 6.75. The molecule has 0 radical (unpaired) electrons. The van der Waals surface area contributed by atoms with Gasteiger partial charge in [0.1, 0.15) is 11.0 Å². The van der Waals surface area contributed by atoms with Gasteiger partial charge in [0.25, 0.3) is 0 Å². The van der Waals surface area contributed by atoms with E-state index in [1.165, 1.54) is 83.1 Å². The highest BCUT2D eigenvalue weighted by Gasteiger charge is 2.62. The lowest BCUT2D eigenvalue weighted by molar-refractivity contribution is 0.404. The van der Waals surface area contributed by atoms with Crippen LogP contribution in [0.25, 0.3) is 78.8 Å². The molecule has 0 amide bonds. The summed E-state index contributed by atoms with van der Waals surface area (Å²) in [6.07, 6.45) is 5.02. The zero-order chi connectivity index (χ0) is 55.1. The molecule has 2 atom stereocenters. The van der Waals surface area contributed by atoms with Gasteiger partial charge in [-0.25, -0.2) is 0 Å². The van der Waals surface area contributed by atoms with Gasteiger partial charge in [0.2, 0.25) is 0 Å². The first kappa shape index (κ1) is 48.4. The van der Waals surface area contributed by atoms with Crippen LogP contribution in [0.5, 0.6) is 0 Å². The minimum atomic E-state index is -0.557. The molecule has 3 aliphatic rings. The van der Waals surface area contributed by atoms with E-state index in [0.29, 0.717) is 0 Å². The summed E-state index contributed by atoms with van der Waals surface area (Å²) in [4.78, 5) is 4.87. The number of para-hydroxylation sites is 1. The smallest absolute Gasteiger partial charge is 0.135 e. The number of rotatable bonds is 10. The number of nitrogens with zero attached hydrogens (tertiary/aromatic N) is 2. The number of furan rings is 1. The summed E-state index contributed by atoms with van der Waals surface area (Å²) >= 11 is 0. The average Bonchev–Trinajstić information content (AvgIpc) is 1.62. The molecule has 392 valence electrons. The lowest BCUT2D eigenvalue weighted by Gasteiger charge is -2.40. The normalized spacial score (nSPS) is 15.7. The fraction of sp³-hybridized carbons (Fsp3) is 0.0500.